The topological polar surface area (TPSA) is 52.9 Å². The van der Waals surface area contributed by atoms with Crippen molar-refractivity contribution in [1.82, 2.24) is 0 Å². The van der Waals surface area contributed by atoms with Gasteiger partial charge < -0.3 is 5.32 Å². The van der Waals surface area contributed by atoms with Crippen molar-refractivity contribution in [2.75, 3.05) is 5.32 Å². The quantitative estimate of drug-likeness (QED) is 0.899. The highest BCUT2D eigenvalue weighted by Crippen LogP contribution is 2.14. The fourth-order valence-electron chi connectivity index (χ4n) is 1.53. The van der Waals surface area contributed by atoms with Crippen LogP contribution in [0.2, 0.25) is 0 Å². The van der Waals surface area contributed by atoms with Crippen molar-refractivity contribution in [2.24, 2.45) is 0 Å². The van der Waals surface area contributed by atoms with Crippen molar-refractivity contribution in [2.45, 2.75) is 0 Å². The van der Waals surface area contributed by atoms with Crippen molar-refractivity contribution in [3.8, 4) is 6.07 Å². The lowest BCUT2D eigenvalue weighted by atomic mass is 10.1. The molecular formula is C14H8F2N2O. The number of rotatable bonds is 2. The third-order valence-corrected chi connectivity index (χ3v) is 2.40. The molecule has 19 heavy (non-hydrogen) atoms. The van der Waals surface area contributed by atoms with Gasteiger partial charge in [0.1, 0.15) is 11.6 Å². The van der Waals surface area contributed by atoms with Gasteiger partial charge in [-0.15, -0.1) is 0 Å². The molecule has 0 radical (unpaired) electrons. The summed E-state index contributed by atoms with van der Waals surface area (Å²) in [7, 11) is 0. The average molecular weight is 258 g/mol. The first-order valence-electron chi connectivity index (χ1n) is 5.36. The van der Waals surface area contributed by atoms with E-state index < -0.39 is 17.5 Å². The Morgan fingerprint density at radius 3 is 2.16 bits per heavy atom. The van der Waals surface area contributed by atoms with Crippen LogP contribution in [0.3, 0.4) is 0 Å². The highest BCUT2D eigenvalue weighted by molar-refractivity contribution is 6.04. The Balaban J connectivity index is 2.18. The summed E-state index contributed by atoms with van der Waals surface area (Å²) in [6.45, 7) is 0. The number of nitriles is 1. The van der Waals surface area contributed by atoms with Gasteiger partial charge >= 0.3 is 0 Å². The number of halogens is 2. The zero-order valence-corrected chi connectivity index (χ0v) is 9.65. The number of hydrogen-bond acceptors (Lipinski definition) is 2. The Labute approximate surface area is 108 Å². The van der Waals surface area contributed by atoms with Crippen LogP contribution < -0.4 is 5.32 Å². The fraction of sp³-hybridized carbons (Fsp3) is 0. The molecule has 1 N–H and O–H groups in total. The summed E-state index contributed by atoms with van der Waals surface area (Å²) in [5, 5.41) is 11.0. The van der Waals surface area contributed by atoms with E-state index in [0.29, 0.717) is 11.1 Å². The van der Waals surface area contributed by atoms with E-state index in [1.807, 2.05) is 6.07 Å². The Morgan fingerprint density at radius 2 is 1.63 bits per heavy atom. The molecule has 2 rings (SSSR count). The second-order valence-electron chi connectivity index (χ2n) is 3.80. The predicted octanol–water partition coefficient (Wildman–Crippen LogP) is 3.09. The summed E-state index contributed by atoms with van der Waals surface area (Å²) in [6, 6.07) is 10.6. The molecular weight excluding hydrogens is 250 g/mol. The van der Waals surface area contributed by atoms with Gasteiger partial charge in [0.05, 0.1) is 11.6 Å². The monoisotopic (exact) mass is 258 g/mol. The molecule has 0 aliphatic rings. The van der Waals surface area contributed by atoms with E-state index in [1.54, 1.807) is 0 Å². The predicted molar refractivity (Wildman–Crippen MR) is 65.5 cm³/mol. The number of hydrogen-bond donors (Lipinski definition) is 1. The van der Waals surface area contributed by atoms with Gasteiger partial charge in [-0.1, -0.05) is 0 Å². The Bertz CT molecular complexity index is 640. The van der Waals surface area contributed by atoms with Crippen molar-refractivity contribution >= 4 is 11.6 Å². The van der Waals surface area contributed by atoms with E-state index in [9.17, 15) is 13.6 Å². The molecule has 2 aromatic rings. The number of amides is 1. The Kier molecular flexibility index (Phi) is 3.53. The van der Waals surface area contributed by atoms with E-state index in [4.69, 9.17) is 5.26 Å². The SMILES string of the molecule is N#Cc1ccc(C(=O)Nc2cc(F)cc(F)c2)cc1. The average Bonchev–Trinajstić information content (AvgIpc) is 2.37. The third kappa shape index (κ3) is 3.13. The number of nitrogens with zero attached hydrogens (tertiary/aromatic N) is 1. The van der Waals surface area contributed by atoms with Crippen molar-refractivity contribution in [3.63, 3.8) is 0 Å². The van der Waals surface area contributed by atoms with Crippen LogP contribution in [-0.2, 0) is 0 Å². The minimum Gasteiger partial charge on any atom is -0.322 e. The van der Waals surface area contributed by atoms with Crippen molar-refractivity contribution in [3.05, 3.63) is 65.2 Å². The normalized spacial score (nSPS) is 9.74. The molecule has 0 heterocycles. The maximum Gasteiger partial charge on any atom is 0.255 e. The smallest absolute Gasteiger partial charge is 0.255 e. The molecule has 0 aliphatic carbocycles. The Morgan fingerprint density at radius 1 is 1.05 bits per heavy atom. The van der Waals surface area contributed by atoms with Crippen LogP contribution in [0.25, 0.3) is 0 Å². The highest BCUT2D eigenvalue weighted by atomic mass is 19.1. The number of anilines is 1. The molecule has 1 amide bonds. The van der Waals surface area contributed by atoms with Crippen LogP contribution in [0.5, 0.6) is 0 Å². The lowest BCUT2D eigenvalue weighted by Gasteiger charge is -2.05. The molecule has 5 heteroatoms. The van der Waals surface area contributed by atoms with E-state index >= 15 is 0 Å². The van der Waals surface area contributed by atoms with Crippen LogP contribution in [-0.4, -0.2) is 5.91 Å². The van der Waals surface area contributed by atoms with Crippen molar-refractivity contribution < 1.29 is 13.6 Å². The van der Waals surface area contributed by atoms with Gasteiger partial charge in [-0.2, -0.15) is 5.26 Å². The molecule has 0 saturated carbocycles. The van der Waals surface area contributed by atoms with Gasteiger partial charge in [-0.3, -0.25) is 4.79 Å². The van der Waals surface area contributed by atoms with Gasteiger partial charge in [0.15, 0.2) is 0 Å². The van der Waals surface area contributed by atoms with Gasteiger partial charge in [0.25, 0.3) is 5.91 Å². The first-order valence-corrected chi connectivity index (χ1v) is 5.36. The molecule has 94 valence electrons. The molecule has 0 unspecified atom stereocenters. The second-order valence-corrected chi connectivity index (χ2v) is 3.80. The molecule has 0 atom stereocenters. The maximum atomic E-state index is 13.0. The van der Waals surface area contributed by atoms with E-state index in [0.717, 1.165) is 18.2 Å². The summed E-state index contributed by atoms with van der Waals surface area (Å²) in [5.41, 5.74) is 0.754. The molecule has 0 spiro atoms. The van der Waals surface area contributed by atoms with Crippen LogP contribution in [0, 0.1) is 23.0 Å². The largest absolute Gasteiger partial charge is 0.322 e. The minimum absolute atomic E-state index is 0.0341. The summed E-state index contributed by atoms with van der Waals surface area (Å²) in [6.07, 6.45) is 0. The first-order chi connectivity index (χ1) is 9.08. The molecule has 2 aromatic carbocycles. The number of benzene rings is 2. The zero-order valence-electron chi connectivity index (χ0n) is 9.65. The minimum atomic E-state index is -0.768. The van der Waals surface area contributed by atoms with Gasteiger partial charge in [0.2, 0.25) is 0 Å². The number of carbonyl (C=O) groups is 1. The lowest BCUT2D eigenvalue weighted by molar-refractivity contribution is 0.102. The van der Waals surface area contributed by atoms with Crippen LogP contribution in [0.15, 0.2) is 42.5 Å². The molecule has 0 fully saturated rings. The van der Waals surface area contributed by atoms with E-state index in [1.165, 1.54) is 24.3 Å². The number of carbonyl (C=O) groups excluding carboxylic acids is 1. The van der Waals surface area contributed by atoms with Gasteiger partial charge in [-0.05, 0) is 36.4 Å². The molecule has 3 nitrogen and oxygen atoms in total. The van der Waals surface area contributed by atoms with Crippen molar-refractivity contribution in [1.29, 1.82) is 5.26 Å². The lowest BCUT2D eigenvalue weighted by Crippen LogP contribution is -2.12. The molecule has 0 aromatic heterocycles. The number of nitrogens with one attached hydrogen (secondary N) is 1. The molecule has 0 bridgehead atoms. The Hall–Kier alpha value is -2.74. The zero-order chi connectivity index (χ0) is 13.8. The fourth-order valence-corrected chi connectivity index (χ4v) is 1.53. The first kappa shape index (κ1) is 12.7. The van der Waals surface area contributed by atoms with Gasteiger partial charge in [-0.25, -0.2) is 8.78 Å². The van der Waals surface area contributed by atoms with Crippen LogP contribution in [0.1, 0.15) is 15.9 Å². The van der Waals surface area contributed by atoms with Crippen LogP contribution in [0.4, 0.5) is 14.5 Å². The molecule has 0 saturated heterocycles. The summed E-state index contributed by atoms with van der Waals surface area (Å²) >= 11 is 0. The van der Waals surface area contributed by atoms with E-state index in [-0.39, 0.29) is 5.69 Å². The summed E-state index contributed by atoms with van der Waals surface area (Å²) < 4.78 is 25.9. The maximum absolute atomic E-state index is 13.0. The third-order valence-electron chi connectivity index (χ3n) is 2.40. The highest BCUT2D eigenvalue weighted by Gasteiger charge is 2.08. The second kappa shape index (κ2) is 5.27. The summed E-state index contributed by atoms with van der Waals surface area (Å²) in [5.74, 6) is -2.04. The summed E-state index contributed by atoms with van der Waals surface area (Å²) in [4.78, 5) is 11.8. The van der Waals surface area contributed by atoms with Gasteiger partial charge in [0, 0.05) is 17.3 Å². The van der Waals surface area contributed by atoms with E-state index in [2.05, 4.69) is 5.32 Å². The van der Waals surface area contributed by atoms with Crippen LogP contribution >= 0.6 is 0 Å². The standard InChI is InChI=1S/C14H8F2N2O/c15-11-5-12(16)7-13(6-11)18-14(19)10-3-1-9(8-17)2-4-10/h1-7H,(H,18,19). The molecule has 0 aliphatic heterocycles.